The summed E-state index contributed by atoms with van der Waals surface area (Å²) >= 11 is 0. The largest absolute Gasteiger partial charge is 0.339 e. The van der Waals surface area contributed by atoms with Crippen LogP contribution in [0.25, 0.3) is 16.7 Å². The molecule has 1 saturated heterocycles. The lowest BCUT2D eigenvalue weighted by Crippen LogP contribution is -2.35. The zero-order valence-corrected chi connectivity index (χ0v) is 13.9. The van der Waals surface area contributed by atoms with Crippen LogP contribution in [-0.2, 0) is 0 Å². The zero-order valence-electron chi connectivity index (χ0n) is 13.9. The molecule has 0 radical (unpaired) electrons. The van der Waals surface area contributed by atoms with E-state index in [1.807, 2.05) is 41.6 Å². The van der Waals surface area contributed by atoms with Crippen LogP contribution < -0.4 is 0 Å². The van der Waals surface area contributed by atoms with Crippen molar-refractivity contribution in [2.45, 2.75) is 26.2 Å². The molecule has 4 nitrogen and oxygen atoms in total. The molecule has 0 N–H and O–H groups in total. The van der Waals surface area contributed by atoms with Crippen LogP contribution in [0.1, 0.15) is 35.2 Å². The Balaban J connectivity index is 1.70. The number of rotatable bonds is 2. The van der Waals surface area contributed by atoms with Gasteiger partial charge >= 0.3 is 0 Å². The molecule has 2 heterocycles. The Morgan fingerprint density at radius 2 is 1.83 bits per heavy atom. The van der Waals surface area contributed by atoms with E-state index in [-0.39, 0.29) is 5.91 Å². The Bertz CT molecular complexity index is 891. The highest BCUT2D eigenvalue weighted by Gasteiger charge is 2.19. The summed E-state index contributed by atoms with van der Waals surface area (Å²) in [7, 11) is 0. The molecular formula is C20H21N3O. The molecule has 2 aromatic carbocycles. The maximum absolute atomic E-state index is 12.7. The number of hydrogen-bond donors (Lipinski definition) is 0. The molecule has 0 saturated carbocycles. The highest BCUT2D eigenvalue weighted by Crippen LogP contribution is 2.22. The van der Waals surface area contributed by atoms with Crippen molar-refractivity contribution in [2.75, 3.05) is 13.1 Å². The van der Waals surface area contributed by atoms with Crippen LogP contribution in [0.4, 0.5) is 0 Å². The molecular weight excluding hydrogens is 298 g/mol. The molecule has 1 aromatic heterocycles. The summed E-state index contributed by atoms with van der Waals surface area (Å²) in [4.78, 5) is 19.1. The third kappa shape index (κ3) is 2.58. The van der Waals surface area contributed by atoms with Crippen LogP contribution in [0, 0.1) is 6.92 Å². The molecule has 4 heteroatoms. The van der Waals surface area contributed by atoms with E-state index < -0.39 is 0 Å². The van der Waals surface area contributed by atoms with Gasteiger partial charge in [-0.3, -0.25) is 9.36 Å². The van der Waals surface area contributed by atoms with Gasteiger partial charge in [0.15, 0.2) is 0 Å². The van der Waals surface area contributed by atoms with Gasteiger partial charge in [-0.2, -0.15) is 0 Å². The first-order valence-corrected chi connectivity index (χ1v) is 8.56. The van der Waals surface area contributed by atoms with E-state index in [4.69, 9.17) is 0 Å². The van der Waals surface area contributed by atoms with Gasteiger partial charge in [-0.15, -0.1) is 0 Å². The number of carbonyl (C=O) groups excluding carboxylic acids is 1. The van der Waals surface area contributed by atoms with Crippen molar-refractivity contribution >= 4 is 16.9 Å². The predicted octanol–water partition coefficient (Wildman–Crippen LogP) is 3.96. The molecule has 0 aliphatic carbocycles. The van der Waals surface area contributed by atoms with Gasteiger partial charge in [-0.25, -0.2) is 4.98 Å². The Kier molecular flexibility index (Phi) is 3.81. The monoisotopic (exact) mass is 319 g/mol. The average Bonchev–Trinajstić information content (AvgIpc) is 3.05. The first kappa shape index (κ1) is 14.9. The van der Waals surface area contributed by atoms with E-state index in [9.17, 15) is 4.79 Å². The number of piperidine rings is 1. The lowest BCUT2D eigenvalue weighted by Gasteiger charge is -2.26. The molecule has 1 aliphatic heterocycles. The number of para-hydroxylation sites is 1. The van der Waals surface area contributed by atoms with E-state index in [0.29, 0.717) is 0 Å². The number of amides is 1. The first-order valence-electron chi connectivity index (χ1n) is 8.56. The standard InChI is InChI=1S/C20H21N3O/c1-15-7-3-4-8-18(15)23-14-21-17-13-16(9-10-19(17)23)20(24)22-11-5-2-6-12-22/h3-4,7-10,13-14H,2,5-6,11-12H2,1H3. The molecule has 0 spiro atoms. The fourth-order valence-electron chi connectivity index (χ4n) is 3.45. The number of nitrogens with zero attached hydrogens (tertiary/aromatic N) is 3. The minimum Gasteiger partial charge on any atom is -0.339 e. The van der Waals surface area contributed by atoms with E-state index in [1.54, 1.807) is 0 Å². The first-order chi connectivity index (χ1) is 11.7. The molecule has 3 aromatic rings. The smallest absolute Gasteiger partial charge is 0.253 e. The Labute approximate surface area is 141 Å². The second kappa shape index (κ2) is 6.11. The van der Waals surface area contributed by atoms with Crippen LogP contribution in [0.2, 0.25) is 0 Å². The number of aromatic nitrogens is 2. The second-order valence-corrected chi connectivity index (χ2v) is 6.46. The molecule has 24 heavy (non-hydrogen) atoms. The SMILES string of the molecule is Cc1ccccc1-n1cnc2cc(C(=O)N3CCCCC3)ccc21. The number of benzene rings is 2. The van der Waals surface area contributed by atoms with Crippen molar-refractivity contribution in [1.29, 1.82) is 0 Å². The number of imidazole rings is 1. The van der Waals surface area contributed by atoms with Gasteiger partial charge in [0.25, 0.3) is 5.91 Å². The normalized spacial score (nSPS) is 15.0. The third-order valence-corrected chi connectivity index (χ3v) is 4.81. The summed E-state index contributed by atoms with van der Waals surface area (Å²) in [6, 6.07) is 14.1. The minimum atomic E-state index is 0.127. The van der Waals surface area contributed by atoms with Crippen LogP contribution in [0.5, 0.6) is 0 Å². The lowest BCUT2D eigenvalue weighted by molar-refractivity contribution is 0.0724. The summed E-state index contributed by atoms with van der Waals surface area (Å²) in [5.41, 5.74) is 4.94. The molecule has 1 fully saturated rings. The predicted molar refractivity (Wildman–Crippen MR) is 95.6 cm³/mol. The van der Waals surface area contributed by atoms with E-state index in [2.05, 4.69) is 28.6 Å². The van der Waals surface area contributed by atoms with Crippen LogP contribution in [0.3, 0.4) is 0 Å². The maximum Gasteiger partial charge on any atom is 0.253 e. The van der Waals surface area contributed by atoms with Crippen LogP contribution in [0.15, 0.2) is 48.8 Å². The van der Waals surface area contributed by atoms with Crippen LogP contribution >= 0.6 is 0 Å². The number of aryl methyl sites for hydroxylation is 1. The molecule has 4 rings (SSSR count). The van der Waals surface area contributed by atoms with Crippen LogP contribution in [-0.4, -0.2) is 33.4 Å². The molecule has 0 bridgehead atoms. The second-order valence-electron chi connectivity index (χ2n) is 6.46. The van der Waals surface area contributed by atoms with Crippen molar-refractivity contribution in [3.05, 3.63) is 59.9 Å². The van der Waals surface area contributed by atoms with Crippen molar-refractivity contribution in [2.24, 2.45) is 0 Å². The van der Waals surface area contributed by atoms with Crippen molar-refractivity contribution in [3.8, 4) is 5.69 Å². The summed E-state index contributed by atoms with van der Waals surface area (Å²) in [5, 5.41) is 0. The molecule has 0 atom stereocenters. The minimum absolute atomic E-state index is 0.127. The van der Waals surface area contributed by atoms with Gasteiger partial charge in [0.1, 0.15) is 6.33 Å². The fourth-order valence-corrected chi connectivity index (χ4v) is 3.45. The quantitative estimate of drug-likeness (QED) is 0.717. The summed E-state index contributed by atoms with van der Waals surface area (Å²) < 4.78 is 2.08. The van der Waals surface area contributed by atoms with Gasteiger partial charge < -0.3 is 4.90 Å². The van der Waals surface area contributed by atoms with Gasteiger partial charge in [-0.1, -0.05) is 18.2 Å². The lowest BCUT2D eigenvalue weighted by atomic mass is 10.1. The Morgan fingerprint density at radius 3 is 2.62 bits per heavy atom. The highest BCUT2D eigenvalue weighted by molar-refractivity contribution is 5.97. The Morgan fingerprint density at radius 1 is 1.04 bits per heavy atom. The van der Waals surface area contributed by atoms with Crippen molar-refractivity contribution in [1.82, 2.24) is 14.5 Å². The van der Waals surface area contributed by atoms with E-state index >= 15 is 0 Å². The maximum atomic E-state index is 12.7. The fraction of sp³-hybridized carbons (Fsp3) is 0.300. The highest BCUT2D eigenvalue weighted by atomic mass is 16.2. The third-order valence-electron chi connectivity index (χ3n) is 4.81. The van der Waals surface area contributed by atoms with Crippen molar-refractivity contribution in [3.63, 3.8) is 0 Å². The summed E-state index contributed by atoms with van der Waals surface area (Å²) in [6.45, 7) is 3.83. The van der Waals surface area contributed by atoms with Gasteiger partial charge in [0, 0.05) is 18.7 Å². The van der Waals surface area contributed by atoms with Gasteiger partial charge in [-0.05, 0) is 56.0 Å². The van der Waals surface area contributed by atoms with Crippen molar-refractivity contribution < 1.29 is 4.79 Å². The Hall–Kier alpha value is -2.62. The number of hydrogen-bond acceptors (Lipinski definition) is 2. The van der Waals surface area contributed by atoms with Gasteiger partial charge in [0.2, 0.25) is 0 Å². The van der Waals surface area contributed by atoms with E-state index in [1.165, 1.54) is 12.0 Å². The summed E-state index contributed by atoms with van der Waals surface area (Å²) in [6.07, 6.45) is 5.28. The summed E-state index contributed by atoms with van der Waals surface area (Å²) in [5.74, 6) is 0.127. The number of likely N-dealkylation sites (tertiary alicyclic amines) is 1. The molecule has 1 aliphatic rings. The molecule has 1 amide bonds. The average molecular weight is 319 g/mol. The molecule has 122 valence electrons. The topological polar surface area (TPSA) is 38.1 Å². The zero-order chi connectivity index (χ0) is 16.5. The number of fused-ring (bicyclic) bond motifs is 1. The van der Waals surface area contributed by atoms with Gasteiger partial charge in [0.05, 0.1) is 16.7 Å². The number of carbonyl (C=O) groups is 1. The van der Waals surface area contributed by atoms with E-state index in [0.717, 1.165) is 48.2 Å². The molecule has 0 unspecified atom stereocenters.